The van der Waals surface area contributed by atoms with Crippen LogP contribution in [0.5, 0.6) is 0 Å². The summed E-state index contributed by atoms with van der Waals surface area (Å²) in [4.78, 5) is 0. The molecular formula is C15H14ClFO2S. The number of hydrogen-bond acceptors (Lipinski definition) is 2. The highest BCUT2D eigenvalue weighted by atomic mass is 35.5. The van der Waals surface area contributed by atoms with E-state index in [2.05, 4.69) is 0 Å². The molecule has 106 valence electrons. The molecule has 1 heterocycles. The molecule has 1 fully saturated rings. The van der Waals surface area contributed by atoms with E-state index in [0.717, 1.165) is 10.9 Å². The molecule has 0 saturated carbocycles. The first-order valence-corrected chi connectivity index (χ1v) is 8.75. The highest BCUT2D eigenvalue weighted by Crippen LogP contribution is 2.39. The van der Waals surface area contributed by atoms with E-state index in [1.165, 1.54) is 6.07 Å². The number of hydrogen-bond donors (Lipinski definition) is 0. The largest absolute Gasteiger partial charge is 0.229 e. The first-order valence-electron chi connectivity index (χ1n) is 6.49. The lowest BCUT2D eigenvalue weighted by atomic mass is 9.94. The third-order valence-electron chi connectivity index (χ3n) is 3.88. The zero-order chi connectivity index (χ0) is 14.3. The van der Waals surface area contributed by atoms with E-state index in [1.54, 1.807) is 18.2 Å². The van der Waals surface area contributed by atoms with Gasteiger partial charge in [0, 0.05) is 5.39 Å². The van der Waals surface area contributed by atoms with Gasteiger partial charge in [0.2, 0.25) is 0 Å². The van der Waals surface area contributed by atoms with Gasteiger partial charge in [-0.2, -0.15) is 0 Å². The van der Waals surface area contributed by atoms with Crippen LogP contribution in [-0.4, -0.2) is 19.9 Å². The van der Waals surface area contributed by atoms with Crippen LogP contribution in [0.2, 0.25) is 0 Å². The van der Waals surface area contributed by atoms with Crippen molar-refractivity contribution < 1.29 is 12.8 Å². The summed E-state index contributed by atoms with van der Waals surface area (Å²) in [6, 6.07) is 10.2. The minimum atomic E-state index is -2.97. The molecule has 2 aromatic carbocycles. The van der Waals surface area contributed by atoms with Crippen molar-refractivity contribution in [3.8, 4) is 0 Å². The lowest BCUT2D eigenvalue weighted by Gasteiger charge is -2.18. The average molecular weight is 313 g/mol. The minimum absolute atomic E-state index is 0.101. The maximum absolute atomic E-state index is 13.8. The van der Waals surface area contributed by atoms with Crippen molar-refractivity contribution in [1.29, 1.82) is 0 Å². The summed E-state index contributed by atoms with van der Waals surface area (Å²) in [7, 11) is -2.97. The summed E-state index contributed by atoms with van der Waals surface area (Å²) < 4.78 is 36.9. The van der Waals surface area contributed by atoms with Crippen molar-refractivity contribution in [3.05, 3.63) is 47.8 Å². The third kappa shape index (κ3) is 2.42. The lowest BCUT2D eigenvalue weighted by molar-refractivity contribution is 0.569. The number of rotatable bonds is 2. The van der Waals surface area contributed by atoms with E-state index in [4.69, 9.17) is 11.6 Å². The molecule has 0 radical (unpaired) electrons. The number of fused-ring (bicyclic) bond motifs is 1. The Hall–Kier alpha value is -1.13. The van der Waals surface area contributed by atoms with Crippen molar-refractivity contribution in [2.24, 2.45) is 5.92 Å². The normalized spacial score (nSPS) is 23.0. The van der Waals surface area contributed by atoms with Crippen LogP contribution in [0.1, 0.15) is 17.4 Å². The Labute approximate surface area is 122 Å². The second-order valence-electron chi connectivity index (χ2n) is 5.25. The van der Waals surface area contributed by atoms with Crippen LogP contribution >= 0.6 is 11.6 Å². The number of sulfone groups is 1. The third-order valence-corrected chi connectivity index (χ3v) is 6.27. The fourth-order valence-corrected chi connectivity index (χ4v) is 5.19. The van der Waals surface area contributed by atoms with E-state index in [9.17, 15) is 12.8 Å². The van der Waals surface area contributed by atoms with Crippen molar-refractivity contribution >= 4 is 32.2 Å². The molecule has 0 spiro atoms. The van der Waals surface area contributed by atoms with E-state index in [1.807, 2.05) is 12.1 Å². The topological polar surface area (TPSA) is 34.1 Å². The maximum Gasteiger partial charge on any atom is 0.150 e. The Kier molecular flexibility index (Phi) is 3.46. The molecule has 2 nitrogen and oxygen atoms in total. The lowest BCUT2D eigenvalue weighted by Crippen LogP contribution is -2.11. The number of halogens is 2. The first kappa shape index (κ1) is 13.8. The molecule has 2 aromatic rings. The first-order chi connectivity index (χ1) is 9.48. The predicted octanol–water partition coefficient (Wildman–Crippen LogP) is 3.69. The van der Waals surface area contributed by atoms with Gasteiger partial charge in [-0.3, -0.25) is 0 Å². The maximum atomic E-state index is 13.8. The van der Waals surface area contributed by atoms with E-state index < -0.39 is 15.2 Å². The van der Waals surface area contributed by atoms with Gasteiger partial charge < -0.3 is 0 Å². The Bertz CT molecular complexity index is 758. The van der Waals surface area contributed by atoms with Crippen molar-refractivity contribution in [2.45, 2.75) is 11.8 Å². The second-order valence-corrected chi connectivity index (χ2v) is 7.95. The Morgan fingerprint density at radius 2 is 1.85 bits per heavy atom. The smallest absolute Gasteiger partial charge is 0.150 e. The van der Waals surface area contributed by atoms with Gasteiger partial charge in [0.1, 0.15) is 5.82 Å². The fraction of sp³-hybridized carbons (Fsp3) is 0.333. The molecule has 2 atom stereocenters. The summed E-state index contributed by atoms with van der Waals surface area (Å²) in [6.07, 6.45) is 0.572. The molecule has 0 N–H and O–H groups in total. The molecule has 1 saturated heterocycles. The zero-order valence-electron chi connectivity index (χ0n) is 10.7. The van der Waals surface area contributed by atoms with Gasteiger partial charge in [-0.15, -0.1) is 11.6 Å². The molecule has 0 amide bonds. The summed E-state index contributed by atoms with van der Waals surface area (Å²) in [6.45, 7) is 0. The SMILES string of the molecule is O=S1(=O)CCC(C(Cl)c2ccc(F)c3ccccc23)C1. The molecule has 5 heteroatoms. The van der Waals surface area contributed by atoms with Gasteiger partial charge in [0.05, 0.1) is 16.9 Å². The molecule has 1 aliphatic heterocycles. The van der Waals surface area contributed by atoms with Gasteiger partial charge in [-0.1, -0.05) is 30.3 Å². The molecule has 20 heavy (non-hydrogen) atoms. The van der Waals surface area contributed by atoms with Gasteiger partial charge in [-0.25, -0.2) is 12.8 Å². The number of alkyl halides is 1. The highest BCUT2D eigenvalue weighted by molar-refractivity contribution is 7.91. The summed E-state index contributed by atoms with van der Waals surface area (Å²) >= 11 is 6.48. The summed E-state index contributed by atoms with van der Waals surface area (Å²) in [5.41, 5.74) is 0.811. The van der Waals surface area contributed by atoms with Crippen LogP contribution in [0.25, 0.3) is 10.8 Å². The van der Waals surface area contributed by atoms with E-state index >= 15 is 0 Å². The molecule has 2 unspecified atom stereocenters. The van der Waals surface area contributed by atoms with E-state index in [0.29, 0.717) is 11.8 Å². The van der Waals surface area contributed by atoms with Crippen molar-refractivity contribution in [1.82, 2.24) is 0 Å². The van der Waals surface area contributed by atoms with Crippen LogP contribution in [0.15, 0.2) is 36.4 Å². The summed E-state index contributed by atoms with van der Waals surface area (Å²) in [5.74, 6) is -0.0739. The van der Waals surface area contributed by atoms with Crippen LogP contribution in [0.3, 0.4) is 0 Å². The second kappa shape index (κ2) is 5.01. The van der Waals surface area contributed by atoms with Crippen molar-refractivity contribution in [2.75, 3.05) is 11.5 Å². The van der Waals surface area contributed by atoms with Gasteiger partial charge in [0.25, 0.3) is 0 Å². The summed E-state index contributed by atoms with van der Waals surface area (Å²) in [5, 5.41) is 0.881. The monoisotopic (exact) mass is 312 g/mol. The minimum Gasteiger partial charge on any atom is -0.229 e. The van der Waals surface area contributed by atoms with Gasteiger partial charge in [-0.05, 0) is 29.4 Å². The Morgan fingerprint density at radius 1 is 1.15 bits per heavy atom. The van der Waals surface area contributed by atoms with Gasteiger partial charge >= 0.3 is 0 Å². The molecule has 0 aromatic heterocycles. The van der Waals surface area contributed by atoms with Crippen LogP contribution < -0.4 is 0 Å². The fourth-order valence-electron chi connectivity index (χ4n) is 2.83. The quantitative estimate of drug-likeness (QED) is 0.793. The molecular weight excluding hydrogens is 299 g/mol. The van der Waals surface area contributed by atoms with Crippen LogP contribution in [0, 0.1) is 11.7 Å². The molecule has 0 aliphatic carbocycles. The van der Waals surface area contributed by atoms with Crippen LogP contribution in [0.4, 0.5) is 4.39 Å². The molecule has 0 bridgehead atoms. The highest BCUT2D eigenvalue weighted by Gasteiger charge is 2.34. The molecule has 3 rings (SSSR count). The number of benzene rings is 2. The van der Waals surface area contributed by atoms with E-state index in [-0.39, 0.29) is 23.2 Å². The average Bonchev–Trinajstić information content (AvgIpc) is 2.79. The van der Waals surface area contributed by atoms with Gasteiger partial charge in [0.15, 0.2) is 9.84 Å². The van der Waals surface area contributed by atoms with Crippen LogP contribution in [-0.2, 0) is 9.84 Å². The Balaban J connectivity index is 2.04. The standard InChI is InChI=1S/C15H14ClFO2S/c16-15(10-7-8-20(18,19)9-10)13-5-6-14(17)12-4-2-1-3-11(12)13/h1-6,10,15H,7-9H2. The predicted molar refractivity (Wildman–Crippen MR) is 79.3 cm³/mol. The Morgan fingerprint density at radius 3 is 2.50 bits per heavy atom. The molecule has 1 aliphatic rings. The zero-order valence-corrected chi connectivity index (χ0v) is 12.3. The van der Waals surface area contributed by atoms with Crippen molar-refractivity contribution in [3.63, 3.8) is 0 Å².